The molecule has 0 bridgehead atoms. The van der Waals surface area contributed by atoms with Crippen LogP contribution in [0.2, 0.25) is 0 Å². The molecule has 0 atom stereocenters. The molecule has 0 fully saturated rings. The Hall–Kier alpha value is -2.54. The van der Waals surface area contributed by atoms with E-state index in [9.17, 15) is 8.78 Å². The van der Waals surface area contributed by atoms with Crippen molar-refractivity contribution in [2.45, 2.75) is 6.61 Å². The van der Waals surface area contributed by atoms with Crippen LogP contribution in [-0.4, -0.2) is 9.55 Å². The summed E-state index contributed by atoms with van der Waals surface area (Å²) in [4.78, 5) is 4.09. The second-order valence-electron chi connectivity index (χ2n) is 5.13. The first-order valence-corrected chi connectivity index (χ1v) is 7.45. The summed E-state index contributed by atoms with van der Waals surface area (Å²) in [6, 6.07) is 9.04. The Labute approximate surface area is 143 Å². The molecule has 0 aliphatic rings. The fourth-order valence-corrected chi connectivity index (χ4v) is 2.39. The third kappa shape index (κ3) is 3.35. The lowest BCUT2D eigenvalue weighted by Gasteiger charge is -2.10. The van der Waals surface area contributed by atoms with Gasteiger partial charge in [0.2, 0.25) is 0 Å². The van der Waals surface area contributed by atoms with Crippen LogP contribution in [-0.2, 0) is 13.7 Å². The third-order valence-electron chi connectivity index (χ3n) is 3.53. The van der Waals surface area contributed by atoms with Crippen molar-refractivity contribution in [1.82, 2.24) is 9.55 Å². The summed E-state index contributed by atoms with van der Waals surface area (Å²) in [6.07, 6.45) is 3.28. The maximum Gasteiger partial charge on any atom is 0.139 e. The van der Waals surface area contributed by atoms with Gasteiger partial charge in [0, 0.05) is 37.9 Å². The molecule has 0 aliphatic heterocycles. The molecule has 0 aliphatic carbocycles. The van der Waals surface area contributed by atoms with Gasteiger partial charge in [-0.2, -0.15) is 0 Å². The van der Waals surface area contributed by atoms with E-state index >= 15 is 0 Å². The number of hydrogen-bond donors (Lipinski definition) is 1. The highest BCUT2D eigenvalue weighted by molar-refractivity contribution is 7.75. The molecule has 2 aromatic carbocycles. The molecule has 0 spiro atoms. The molecule has 0 unspecified atom stereocenters. The molecule has 0 amide bonds. The standard InChI is InChI=1S/C17H14F2N2O2S/c1-21-7-6-20-17(21)11-8-15(18)14(16(19)9-11)10-22-12-2-4-13(23-24)5-3-12/h2-9,24H,10H2,1H3. The van der Waals surface area contributed by atoms with Crippen molar-refractivity contribution in [3.8, 4) is 22.9 Å². The first-order chi connectivity index (χ1) is 11.6. The lowest BCUT2D eigenvalue weighted by molar-refractivity contribution is 0.292. The van der Waals surface area contributed by atoms with E-state index in [-0.39, 0.29) is 12.2 Å². The van der Waals surface area contributed by atoms with Crippen LogP contribution in [0.1, 0.15) is 5.56 Å². The summed E-state index contributed by atoms with van der Waals surface area (Å²) < 4.78 is 40.4. The van der Waals surface area contributed by atoms with E-state index in [1.54, 1.807) is 48.3 Å². The van der Waals surface area contributed by atoms with Crippen LogP contribution < -0.4 is 8.92 Å². The van der Waals surface area contributed by atoms with E-state index < -0.39 is 11.6 Å². The zero-order valence-corrected chi connectivity index (χ0v) is 13.6. The lowest BCUT2D eigenvalue weighted by atomic mass is 10.1. The van der Waals surface area contributed by atoms with E-state index in [0.29, 0.717) is 22.9 Å². The number of imidazole rings is 1. The summed E-state index contributed by atoms with van der Waals surface area (Å²) in [5.74, 6) is 0.146. The summed E-state index contributed by atoms with van der Waals surface area (Å²) in [6.45, 7) is -0.223. The number of aryl methyl sites for hydroxylation is 1. The second-order valence-corrected chi connectivity index (χ2v) is 5.31. The topological polar surface area (TPSA) is 36.3 Å². The van der Waals surface area contributed by atoms with Crippen LogP contribution in [0.5, 0.6) is 11.5 Å². The summed E-state index contributed by atoms with van der Waals surface area (Å²) in [5, 5.41) is 0. The minimum absolute atomic E-state index is 0.137. The van der Waals surface area contributed by atoms with Crippen LogP contribution in [0.4, 0.5) is 8.78 Å². The number of ether oxygens (including phenoxy) is 1. The Morgan fingerprint density at radius 3 is 2.25 bits per heavy atom. The van der Waals surface area contributed by atoms with Crippen molar-refractivity contribution in [3.05, 3.63) is 66.0 Å². The fraction of sp³-hybridized carbons (Fsp3) is 0.118. The average molecular weight is 348 g/mol. The first kappa shape index (κ1) is 16.3. The summed E-state index contributed by atoms with van der Waals surface area (Å²) in [5.41, 5.74) is 0.235. The van der Waals surface area contributed by atoms with Gasteiger partial charge in [-0.05, 0) is 36.4 Å². The largest absolute Gasteiger partial charge is 0.489 e. The summed E-state index contributed by atoms with van der Waals surface area (Å²) >= 11 is 3.68. The third-order valence-corrected chi connectivity index (χ3v) is 3.74. The number of halogens is 2. The fourth-order valence-electron chi connectivity index (χ4n) is 2.27. The van der Waals surface area contributed by atoms with E-state index in [2.05, 4.69) is 17.9 Å². The normalized spacial score (nSPS) is 10.7. The molecule has 7 heteroatoms. The second kappa shape index (κ2) is 6.92. The monoisotopic (exact) mass is 348 g/mol. The molecule has 124 valence electrons. The highest BCUT2D eigenvalue weighted by Gasteiger charge is 2.15. The van der Waals surface area contributed by atoms with Gasteiger partial charge in [-0.15, -0.1) is 0 Å². The van der Waals surface area contributed by atoms with Crippen molar-refractivity contribution in [2.75, 3.05) is 0 Å². The molecular weight excluding hydrogens is 334 g/mol. The lowest BCUT2D eigenvalue weighted by Crippen LogP contribution is -2.03. The number of hydrogen-bond acceptors (Lipinski definition) is 4. The van der Waals surface area contributed by atoms with Gasteiger partial charge in [0.1, 0.15) is 35.6 Å². The smallest absolute Gasteiger partial charge is 0.139 e. The van der Waals surface area contributed by atoms with Gasteiger partial charge >= 0.3 is 0 Å². The Morgan fingerprint density at radius 1 is 1.08 bits per heavy atom. The van der Waals surface area contributed by atoms with Gasteiger partial charge in [-0.25, -0.2) is 13.8 Å². The minimum atomic E-state index is -0.677. The quantitative estimate of drug-likeness (QED) is 0.555. The van der Waals surface area contributed by atoms with E-state index in [0.717, 1.165) is 0 Å². The maximum absolute atomic E-state index is 14.3. The number of nitrogens with zero attached hydrogens (tertiary/aromatic N) is 2. The average Bonchev–Trinajstić information content (AvgIpc) is 3.00. The minimum Gasteiger partial charge on any atom is -0.489 e. The number of benzene rings is 2. The van der Waals surface area contributed by atoms with Crippen LogP contribution >= 0.6 is 12.9 Å². The van der Waals surface area contributed by atoms with Crippen molar-refractivity contribution in [3.63, 3.8) is 0 Å². The van der Waals surface area contributed by atoms with Crippen LogP contribution in [0.3, 0.4) is 0 Å². The highest BCUT2D eigenvalue weighted by atomic mass is 32.1. The van der Waals surface area contributed by atoms with Gasteiger partial charge < -0.3 is 13.5 Å². The predicted octanol–water partition coefficient (Wildman–Crippen LogP) is 4.17. The van der Waals surface area contributed by atoms with Crippen molar-refractivity contribution < 1.29 is 17.7 Å². The molecular formula is C17H14F2N2O2S. The Bertz CT molecular complexity index is 827. The molecule has 4 nitrogen and oxygen atoms in total. The Balaban J connectivity index is 1.79. The van der Waals surface area contributed by atoms with Gasteiger partial charge in [-0.3, -0.25) is 0 Å². The molecule has 1 heterocycles. The van der Waals surface area contributed by atoms with Gasteiger partial charge in [-0.1, -0.05) is 0 Å². The molecule has 3 aromatic rings. The van der Waals surface area contributed by atoms with Gasteiger partial charge in [0.25, 0.3) is 0 Å². The van der Waals surface area contributed by atoms with Gasteiger partial charge in [0.15, 0.2) is 0 Å². The molecule has 0 saturated heterocycles. The van der Waals surface area contributed by atoms with Crippen LogP contribution in [0.15, 0.2) is 48.8 Å². The van der Waals surface area contributed by atoms with Crippen LogP contribution in [0.25, 0.3) is 11.4 Å². The van der Waals surface area contributed by atoms with Crippen molar-refractivity contribution in [2.24, 2.45) is 7.05 Å². The van der Waals surface area contributed by atoms with E-state index in [1.807, 2.05) is 0 Å². The molecule has 0 radical (unpaired) electrons. The Morgan fingerprint density at radius 2 is 1.71 bits per heavy atom. The maximum atomic E-state index is 14.3. The van der Waals surface area contributed by atoms with E-state index in [4.69, 9.17) is 8.92 Å². The molecule has 24 heavy (non-hydrogen) atoms. The molecule has 0 saturated carbocycles. The summed E-state index contributed by atoms with van der Waals surface area (Å²) in [7, 11) is 1.76. The van der Waals surface area contributed by atoms with Crippen molar-refractivity contribution >= 4 is 12.9 Å². The van der Waals surface area contributed by atoms with Crippen LogP contribution in [0, 0.1) is 11.6 Å². The zero-order chi connectivity index (χ0) is 17.1. The highest BCUT2D eigenvalue weighted by Crippen LogP contribution is 2.25. The van der Waals surface area contributed by atoms with Gasteiger partial charge in [0.05, 0.1) is 5.56 Å². The number of rotatable bonds is 5. The first-order valence-electron chi connectivity index (χ1n) is 7.08. The van der Waals surface area contributed by atoms with E-state index in [1.165, 1.54) is 12.1 Å². The Kier molecular flexibility index (Phi) is 4.71. The predicted molar refractivity (Wildman–Crippen MR) is 88.9 cm³/mol. The molecule has 0 N–H and O–H groups in total. The number of aromatic nitrogens is 2. The molecule has 1 aromatic heterocycles. The van der Waals surface area contributed by atoms with Crippen molar-refractivity contribution in [1.29, 1.82) is 0 Å². The zero-order valence-electron chi connectivity index (χ0n) is 12.7. The number of thiol groups is 1. The molecule has 3 rings (SSSR count). The SMILES string of the molecule is Cn1ccnc1-c1cc(F)c(COc2ccc(OS)cc2)c(F)c1.